The molecule has 1 fully saturated rings. The van der Waals surface area contributed by atoms with Gasteiger partial charge in [-0.25, -0.2) is 13.1 Å². The van der Waals surface area contributed by atoms with Crippen LogP contribution < -0.4 is 10.0 Å². The lowest BCUT2D eigenvalue weighted by molar-refractivity contribution is -0.141. The van der Waals surface area contributed by atoms with Gasteiger partial charge < -0.3 is 10.2 Å². The van der Waals surface area contributed by atoms with Gasteiger partial charge in [-0.15, -0.1) is 0 Å². The van der Waals surface area contributed by atoms with E-state index in [-0.39, 0.29) is 29.2 Å². The third kappa shape index (κ3) is 8.25. The third-order valence-corrected chi connectivity index (χ3v) is 8.32. The molecule has 0 aromatic heterocycles. The lowest BCUT2D eigenvalue weighted by atomic mass is 10.0. The first-order valence-corrected chi connectivity index (χ1v) is 15.1. The highest BCUT2D eigenvalue weighted by Gasteiger charge is 2.31. The SMILES string of the molecule is CCCCNC(=O)[C@H](c1ccccc1)N(Cc1ccccc1)C(=O)CCc1ccc(S(=O)(=O)NC2CC2)cc1. The van der Waals surface area contributed by atoms with Crippen LogP contribution in [-0.2, 0) is 32.6 Å². The van der Waals surface area contributed by atoms with E-state index in [4.69, 9.17) is 0 Å². The minimum absolute atomic E-state index is 0.0413. The minimum atomic E-state index is -3.52. The number of rotatable bonds is 14. The van der Waals surface area contributed by atoms with Gasteiger partial charge in [0, 0.05) is 25.6 Å². The summed E-state index contributed by atoms with van der Waals surface area (Å²) in [6.45, 7) is 2.92. The maximum Gasteiger partial charge on any atom is 0.247 e. The Kier molecular flexibility index (Phi) is 9.90. The predicted octanol–water partition coefficient (Wildman–Crippen LogP) is 4.75. The molecule has 0 saturated heterocycles. The van der Waals surface area contributed by atoms with Gasteiger partial charge in [0.1, 0.15) is 6.04 Å². The van der Waals surface area contributed by atoms with Gasteiger partial charge in [0.25, 0.3) is 0 Å². The number of sulfonamides is 1. The van der Waals surface area contributed by atoms with Gasteiger partial charge in [0.15, 0.2) is 0 Å². The Morgan fingerprint density at radius 1 is 0.897 bits per heavy atom. The fourth-order valence-electron chi connectivity index (χ4n) is 4.42. The van der Waals surface area contributed by atoms with Crippen molar-refractivity contribution in [3.63, 3.8) is 0 Å². The quantitative estimate of drug-likeness (QED) is 0.285. The summed E-state index contributed by atoms with van der Waals surface area (Å²) in [4.78, 5) is 29.1. The Hall–Kier alpha value is -3.49. The van der Waals surface area contributed by atoms with E-state index in [0.29, 0.717) is 19.5 Å². The molecular weight excluding hydrogens is 510 g/mol. The van der Waals surface area contributed by atoms with E-state index >= 15 is 0 Å². The largest absolute Gasteiger partial charge is 0.354 e. The van der Waals surface area contributed by atoms with Crippen LogP contribution >= 0.6 is 0 Å². The number of nitrogens with zero attached hydrogens (tertiary/aromatic N) is 1. The molecule has 7 nitrogen and oxygen atoms in total. The number of amides is 2. The molecule has 1 aliphatic rings. The van der Waals surface area contributed by atoms with Crippen molar-refractivity contribution in [3.05, 3.63) is 102 Å². The van der Waals surface area contributed by atoms with E-state index in [1.807, 2.05) is 60.7 Å². The molecule has 2 N–H and O–H groups in total. The molecule has 0 heterocycles. The Balaban J connectivity index is 1.53. The molecule has 3 aromatic carbocycles. The molecule has 2 amide bonds. The van der Waals surface area contributed by atoms with Gasteiger partial charge in [0.05, 0.1) is 4.90 Å². The zero-order valence-electron chi connectivity index (χ0n) is 22.4. The molecule has 1 aliphatic carbocycles. The molecule has 0 spiro atoms. The molecule has 4 rings (SSSR count). The second-order valence-electron chi connectivity index (χ2n) is 10.0. The Morgan fingerprint density at radius 2 is 1.54 bits per heavy atom. The Morgan fingerprint density at radius 3 is 2.15 bits per heavy atom. The van der Waals surface area contributed by atoms with E-state index in [9.17, 15) is 18.0 Å². The fourth-order valence-corrected chi connectivity index (χ4v) is 5.72. The average Bonchev–Trinajstić information content (AvgIpc) is 3.76. The van der Waals surface area contributed by atoms with Gasteiger partial charge in [0.2, 0.25) is 21.8 Å². The molecule has 0 unspecified atom stereocenters. The first kappa shape index (κ1) is 28.5. The van der Waals surface area contributed by atoms with Crippen LogP contribution in [-0.4, -0.2) is 37.7 Å². The summed E-state index contributed by atoms with van der Waals surface area (Å²) in [5, 5.41) is 3.02. The van der Waals surface area contributed by atoms with Gasteiger partial charge >= 0.3 is 0 Å². The van der Waals surface area contributed by atoms with Crippen molar-refractivity contribution in [3.8, 4) is 0 Å². The molecule has 0 radical (unpaired) electrons. The number of nitrogens with one attached hydrogen (secondary N) is 2. The fraction of sp³-hybridized carbons (Fsp3) is 0.355. The smallest absolute Gasteiger partial charge is 0.247 e. The molecule has 1 saturated carbocycles. The van der Waals surface area contributed by atoms with Crippen molar-refractivity contribution >= 4 is 21.8 Å². The van der Waals surface area contributed by atoms with Gasteiger partial charge in [-0.05, 0) is 54.5 Å². The molecule has 0 bridgehead atoms. The summed E-state index contributed by atoms with van der Waals surface area (Å²) in [6, 6.07) is 25.0. The molecule has 1 atom stereocenters. The number of hydrogen-bond acceptors (Lipinski definition) is 4. The van der Waals surface area contributed by atoms with Crippen LogP contribution in [0.3, 0.4) is 0 Å². The number of hydrogen-bond donors (Lipinski definition) is 2. The van der Waals surface area contributed by atoms with Crippen LogP contribution in [0, 0.1) is 0 Å². The maximum atomic E-state index is 13.8. The van der Waals surface area contributed by atoms with Gasteiger partial charge in [-0.1, -0.05) is 86.1 Å². The van der Waals surface area contributed by atoms with Crippen LogP contribution in [0.1, 0.15) is 61.8 Å². The highest BCUT2D eigenvalue weighted by molar-refractivity contribution is 7.89. The Labute approximate surface area is 231 Å². The van der Waals surface area contributed by atoms with Gasteiger partial charge in [-0.3, -0.25) is 9.59 Å². The average molecular weight is 548 g/mol. The summed E-state index contributed by atoms with van der Waals surface area (Å²) in [6.07, 6.45) is 4.19. The number of unbranched alkanes of at least 4 members (excludes halogenated alkanes) is 1. The first-order chi connectivity index (χ1) is 18.9. The van der Waals surface area contributed by atoms with Crippen LogP contribution in [0.2, 0.25) is 0 Å². The van der Waals surface area contributed by atoms with Crippen LogP contribution in [0.5, 0.6) is 0 Å². The van der Waals surface area contributed by atoms with Crippen molar-refractivity contribution in [1.82, 2.24) is 14.9 Å². The highest BCUT2D eigenvalue weighted by Crippen LogP contribution is 2.26. The lowest BCUT2D eigenvalue weighted by Gasteiger charge is -2.32. The van der Waals surface area contributed by atoms with E-state index in [2.05, 4.69) is 17.0 Å². The number of carbonyl (C=O) groups excluding carboxylic acids is 2. The van der Waals surface area contributed by atoms with Gasteiger partial charge in [-0.2, -0.15) is 0 Å². The van der Waals surface area contributed by atoms with E-state index in [1.54, 1.807) is 29.2 Å². The van der Waals surface area contributed by atoms with Crippen molar-refractivity contribution < 1.29 is 18.0 Å². The maximum absolute atomic E-state index is 13.8. The van der Waals surface area contributed by atoms with Crippen molar-refractivity contribution in [1.29, 1.82) is 0 Å². The normalized spacial score (nSPS) is 14.0. The number of carbonyl (C=O) groups is 2. The second kappa shape index (κ2) is 13.5. The lowest BCUT2D eigenvalue weighted by Crippen LogP contribution is -2.43. The van der Waals surface area contributed by atoms with E-state index in [1.165, 1.54) is 0 Å². The third-order valence-electron chi connectivity index (χ3n) is 6.78. The molecule has 3 aromatic rings. The second-order valence-corrected chi connectivity index (χ2v) is 11.7. The van der Waals surface area contributed by atoms with E-state index < -0.39 is 16.1 Å². The minimum Gasteiger partial charge on any atom is -0.354 e. The monoisotopic (exact) mass is 547 g/mol. The summed E-state index contributed by atoms with van der Waals surface area (Å²) >= 11 is 0. The summed E-state index contributed by atoms with van der Waals surface area (Å²) < 4.78 is 27.6. The molecule has 8 heteroatoms. The van der Waals surface area contributed by atoms with Crippen LogP contribution in [0.15, 0.2) is 89.8 Å². The Bertz CT molecular complexity index is 1330. The molecular formula is C31H37N3O4S. The molecule has 206 valence electrons. The van der Waals surface area contributed by atoms with E-state index in [0.717, 1.165) is 42.4 Å². The predicted molar refractivity (Wildman–Crippen MR) is 152 cm³/mol. The standard InChI is InChI=1S/C31H37N3O4S/c1-2-3-22-32-31(36)30(26-12-8-5-9-13-26)34(23-25-10-6-4-7-11-25)29(35)21-16-24-14-19-28(20-15-24)39(37,38)33-27-17-18-27/h4-15,19-20,27,30,33H,2-3,16-18,21-23H2,1H3,(H,32,36)/t30-/m0/s1. The van der Waals surface area contributed by atoms with Crippen LogP contribution in [0.4, 0.5) is 0 Å². The van der Waals surface area contributed by atoms with Crippen molar-refractivity contribution in [2.45, 2.75) is 69.0 Å². The first-order valence-electron chi connectivity index (χ1n) is 13.6. The van der Waals surface area contributed by atoms with Crippen LogP contribution in [0.25, 0.3) is 0 Å². The topological polar surface area (TPSA) is 95.6 Å². The zero-order valence-corrected chi connectivity index (χ0v) is 23.2. The van der Waals surface area contributed by atoms with Crippen molar-refractivity contribution in [2.75, 3.05) is 6.54 Å². The summed E-state index contributed by atoms with van der Waals surface area (Å²) in [5.41, 5.74) is 2.55. The summed E-state index contributed by atoms with van der Waals surface area (Å²) in [7, 11) is -3.52. The molecule has 39 heavy (non-hydrogen) atoms. The number of aryl methyl sites for hydroxylation is 1. The molecule has 0 aliphatic heterocycles. The summed E-state index contributed by atoms with van der Waals surface area (Å²) in [5.74, 6) is -0.345. The van der Waals surface area contributed by atoms with Crippen molar-refractivity contribution in [2.24, 2.45) is 0 Å². The number of benzene rings is 3. The zero-order chi connectivity index (χ0) is 27.7. The highest BCUT2D eigenvalue weighted by atomic mass is 32.2.